The van der Waals surface area contributed by atoms with Gasteiger partial charge in [-0.25, -0.2) is 4.98 Å². The molecule has 1 aromatic heterocycles. The number of aromatic nitrogens is 2. The van der Waals surface area contributed by atoms with Crippen LogP contribution in [0.25, 0.3) is 0 Å². The molecule has 0 aliphatic carbocycles. The Morgan fingerprint density at radius 1 is 1.35 bits per heavy atom. The van der Waals surface area contributed by atoms with Crippen LogP contribution in [0.3, 0.4) is 0 Å². The molecular weight excluding hydrogens is 376 g/mol. The van der Waals surface area contributed by atoms with Gasteiger partial charge in [0.05, 0.1) is 13.2 Å². The number of halogens is 1. The molecule has 1 fully saturated rings. The summed E-state index contributed by atoms with van der Waals surface area (Å²) in [6, 6.07) is 6.43. The van der Waals surface area contributed by atoms with Crippen molar-refractivity contribution in [3.63, 3.8) is 0 Å². The zero-order chi connectivity index (χ0) is 16.2. The second-order valence-electron chi connectivity index (χ2n) is 5.84. The summed E-state index contributed by atoms with van der Waals surface area (Å²) in [4.78, 5) is 6.92. The molecule has 1 aliphatic rings. The monoisotopic (exact) mass is 396 g/mol. The van der Waals surface area contributed by atoms with Crippen LogP contribution in [0.2, 0.25) is 0 Å². The number of anilines is 2. The molecule has 0 atom stereocenters. The number of morpholine rings is 1. The number of nitrogens with zero attached hydrogens (tertiary/aromatic N) is 3. The summed E-state index contributed by atoms with van der Waals surface area (Å²) in [6.07, 6.45) is 0. The minimum absolute atomic E-state index is 0.360. The third-order valence-electron chi connectivity index (χ3n) is 3.79. The molecule has 0 spiro atoms. The molecule has 23 heavy (non-hydrogen) atoms. The Kier molecular flexibility index (Phi) is 5.50. The summed E-state index contributed by atoms with van der Waals surface area (Å²) >= 11 is 5.01. The minimum atomic E-state index is 0.360. The van der Waals surface area contributed by atoms with Crippen LogP contribution in [0.4, 0.5) is 10.8 Å². The highest BCUT2D eigenvalue weighted by atomic mass is 79.9. The third kappa shape index (κ3) is 4.22. The maximum atomic E-state index is 5.46. The van der Waals surface area contributed by atoms with Crippen LogP contribution in [0.1, 0.15) is 31.2 Å². The smallest absolute Gasteiger partial charge is 0.202 e. The van der Waals surface area contributed by atoms with E-state index in [1.165, 1.54) is 22.8 Å². The van der Waals surface area contributed by atoms with Crippen LogP contribution in [-0.2, 0) is 11.3 Å². The molecule has 0 unspecified atom stereocenters. The molecule has 3 rings (SSSR count). The van der Waals surface area contributed by atoms with E-state index in [4.69, 9.17) is 4.74 Å². The van der Waals surface area contributed by atoms with Crippen molar-refractivity contribution in [2.24, 2.45) is 0 Å². The van der Waals surface area contributed by atoms with E-state index >= 15 is 0 Å². The van der Waals surface area contributed by atoms with Gasteiger partial charge in [0.2, 0.25) is 5.13 Å². The van der Waals surface area contributed by atoms with Crippen molar-refractivity contribution < 1.29 is 4.74 Å². The Hall–Kier alpha value is -1.18. The number of hydrogen-bond donors (Lipinski definition) is 1. The van der Waals surface area contributed by atoms with E-state index < -0.39 is 0 Å². The Morgan fingerprint density at radius 2 is 2.13 bits per heavy atom. The molecular formula is C16H21BrN4OS. The SMILES string of the molecule is CC(C)c1nsc(NCc2ccc(Br)cc2N2CCOCC2)n1. The van der Waals surface area contributed by atoms with Crippen LogP contribution in [0, 0.1) is 0 Å². The second-order valence-corrected chi connectivity index (χ2v) is 7.51. The molecule has 1 aliphatic heterocycles. The zero-order valence-corrected chi connectivity index (χ0v) is 15.8. The number of ether oxygens (including phenoxy) is 1. The van der Waals surface area contributed by atoms with Gasteiger partial charge in [-0.3, -0.25) is 0 Å². The van der Waals surface area contributed by atoms with Crippen LogP contribution in [0.5, 0.6) is 0 Å². The molecule has 1 aromatic carbocycles. The first-order valence-electron chi connectivity index (χ1n) is 7.82. The zero-order valence-electron chi connectivity index (χ0n) is 13.4. The van der Waals surface area contributed by atoms with Crippen LogP contribution in [-0.4, -0.2) is 35.7 Å². The van der Waals surface area contributed by atoms with Gasteiger partial charge in [0.1, 0.15) is 5.82 Å². The first-order chi connectivity index (χ1) is 11.1. The van der Waals surface area contributed by atoms with Gasteiger partial charge in [-0.2, -0.15) is 4.37 Å². The van der Waals surface area contributed by atoms with E-state index in [1.807, 2.05) is 0 Å². The highest BCUT2D eigenvalue weighted by molar-refractivity contribution is 9.10. The van der Waals surface area contributed by atoms with Gasteiger partial charge in [-0.05, 0) is 17.7 Å². The lowest BCUT2D eigenvalue weighted by atomic mass is 10.1. The molecule has 124 valence electrons. The van der Waals surface area contributed by atoms with Gasteiger partial charge >= 0.3 is 0 Å². The van der Waals surface area contributed by atoms with Crippen molar-refractivity contribution in [2.75, 3.05) is 36.5 Å². The van der Waals surface area contributed by atoms with E-state index in [-0.39, 0.29) is 0 Å². The van der Waals surface area contributed by atoms with Gasteiger partial charge in [0.15, 0.2) is 0 Å². The van der Waals surface area contributed by atoms with Gasteiger partial charge in [-0.15, -0.1) is 0 Å². The number of rotatable bonds is 5. The molecule has 0 saturated carbocycles. The molecule has 5 nitrogen and oxygen atoms in total. The molecule has 0 amide bonds. The summed E-state index contributed by atoms with van der Waals surface area (Å²) in [5.41, 5.74) is 2.51. The number of nitrogens with one attached hydrogen (secondary N) is 1. The molecule has 0 bridgehead atoms. The lowest BCUT2D eigenvalue weighted by molar-refractivity contribution is 0.122. The van der Waals surface area contributed by atoms with E-state index in [0.717, 1.165) is 48.3 Å². The lowest BCUT2D eigenvalue weighted by Gasteiger charge is -2.30. The Morgan fingerprint density at radius 3 is 2.83 bits per heavy atom. The van der Waals surface area contributed by atoms with E-state index in [0.29, 0.717) is 5.92 Å². The third-order valence-corrected chi connectivity index (χ3v) is 4.97. The summed E-state index contributed by atoms with van der Waals surface area (Å²) in [5, 5.41) is 4.29. The van der Waals surface area contributed by atoms with Crippen LogP contribution >= 0.6 is 27.5 Å². The van der Waals surface area contributed by atoms with Gasteiger partial charge in [0, 0.05) is 47.2 Å². The van der Waals surface area contributed by atoms with Crippen molar-refractivity contribution in [2.45, 2.75) is 26.3 Å². The lowest BCUT2D eigenvalue weighted by Crippen LogP contribution is -2.36. The largest absolute Gasteiger partial charge is 0.378 e. The number of hydrogen-bond acceptors (Lipinski definition) is 6. The van der Waals surface area contributed by atoms with Crippen molar-refractivity contribution in [1.82, 2.24) is 9.36 Å². The van der Waals surface area contributed by atoms with E-state index in [2.05, 4.69) is 67.6 Å². The van der Waals surface area contributed by atoms with E-state index in [9.17, 15) is 0 Å². The van der Waals surface area contributed by atoms with Crippen molar-refractivity contribution >= 4 is 38.3 Å². The van der Waals surface area contributed by atoms with Crippen molar-refractivity contribution in [3.05, 3.63) is 34.1 Å². The average molecular weight is 397 g/mol. The second kappa shape index (κ2) is 7.59. The Balaban J connectivity index is 1.73. The minimum Gasteiger partial charge on any atom is -0.378 e. The normalized spacial score (nSPS) is 15.2. The number of benzene rings is 1. The highest BCUT2D eigenvalue weighted by Crippen LogP contribution is 2.27. The molecule has 1 saturated heterocycles. The predicted molar refractivity (Wildman–Crippen MR) is 98.5 cm³/mol. The van der Waals surface area contributed by atoms with Gasteiger partial charge in [0.25, 0.3) is 0 Å². The quantitative estimate of drug-likeness (QED) is 0.830. The maximum absolute atomic E-state index is 5.46. The standard InChI is InChI=1S/C16H21BrN4OS/c1-11(2)15-19-16(23-20-15)18-10-12-3-4-13(17)9-14(12)21-5-7-22-8-6-21/h3-4,9,11H,5-8,10H2,1-2H3,(H,18,19,20). The first-order valence-corrected chi connectivity index (χ1v) is 9.38. The van der Waals surface area contributed by atoms with Crippen molar-refractivity contribution in [1.29, 1.82) is 0 Å². The Labute approximate surface area is 149 Å². The first kappa shape index (κ1) is 16.7. The van der Waals surface area contributed by atoms with Crippen LogP contribution in [0.15, 0.2) is 22.7 Å². The Bertz CT molecular complexity index is 655. The fraction of sp³-hybridized carbons (Fsp3) is 0.500. The highest BCUT2D eigenvalue weighted by Gasteiger charge is 2.15. The molecule has 1 N–H and O–H groups in total. The topological polar surface area (TPSA) is 50.3 Å². The maximum Gasteiger partial charge on any atom is 0.202 e. The van der Waals surface area contributed by atoms with Crippen molar-refractivity contribution in [3.8, 4) is 0 Å². The molecule has 0 radical (unpaired) electrons. The summed E-state index contributed by atoms with van der Waals surface area (Å²) < 4.78 is 10.9. The molecule has 2 aromatic rings. The molecule has 2 heterocycles. The van der Waals surface area contributed by atoms with Crippen LogP contribution < -0.4 is 10.2 Å². The molecule has 7 heteroatoms. The summed E-state index contributed by atoms with van der Waals surface area (Å²) in [7, 11) is 0. The van der Waals surface area contributed by atoms with Gasteiger partial charge in [-0.1, -0.05) is 35.8 Å². The predicted octanol–water partition coefficient (Wildman–Crippen LogP) is 3.87. The fourth-order valence-electron chi connectivity index (χ4n) is 2.50. The summed E-state index contributed by atoms with van der Waals surface area (Å²) in [6.45, 7) is 8.39. The fourth-order valence-corrected chi connectivity index (χ4v) is 3.55. The average Bonchev–Trinajstić information content (AvgIpc) is 3.04. The van der Waals surface area contributed by atoms with E-state index in [1.54, 1.807) is 0 Å². The van der Waals surface area contributed by atoms with Gasteiger partial charge < -0.3 is 15.0 Å². The summed E-state index contributed by atoms with van der Waals surface area (Å²) in [5.74, 6) is 1.26.